The van der Waals surface area contributed by atoms with Crippen molar-refractivity contribution in [1.29, 1.82) is 0 Å². The molecule has 0 radical (unpaired) electrons. The van der Waals surface area contributed by atoms with Crippen molar-refractivity contribution < 1.29 is 17.6 Å². The molecule has 0 rings (SSSR count). The Morgan fingerprint density at radius 2 is 0.692 bits per heavy atom. The standard InChI is InChI=1S/C35H68F4/c1-4-6-8-10-12-14-16-22-32(23-18-20-26-34(36)37)29-28-31(3)30-33(25-19-21-27-35(38)39)24-17-15-13-11-9-7-5-2/h31-35H,4-30H2,1-3H3. The molecule has 0 aromatic rings. The maximum atomic E-state index is 12.6. The van der Waals surface area contributed by atoms with E-state index in [2.05, 4.69) is 20.8 Å². The third-order valence-corrected chi connectivity index (χ3v) is 8.80. The average molecular weight is 565 g/mol. The van der Waals surface area contributed by atoms with E-state index in [-0.39, 0.29) is 12.8 Å². The van der Waals surface area contributed by atoms with Crippen LogP contribution in [0.4, 0.5) is 17.6 Å². The van der Waals surface area contributed by atoms with E-state index in [0.717, 1.165) is 25.7 Å². The summed E-state index contributed by atoms with van der Waals surface area (Å²) < 4.78 is 50.4. The summed E-state index contributed by atoms with van der Waals surface area (Å²) in [6, 6.07) is 0. The van der Waals surface area contributed by atoms with Crippen LogP contribution in [0.15, 0.2) is 0 Å². The van der Waals surface area contributed by atoms with E-state index >= 15 is 0 Å². The van der Waals surface area contributed by atoms with Gasteiger partial charge in [0, 0.05) is 12.8 Å². The molecule has 0 aliphatic heterocycles. The second kappa shape index (κ2) is 29.2. The highest BCUT2D eigenvalue weighted by molar-refractivity contribution is 4.69. The first-order chi connectivity index (χ1) is 18.9. The molecule has 0 aromatic carbocycles. The van der Waals surface area contributed by atoms with Crippen molar-refractivity contribution in [3.63, 3.8) is 0 Å². The molecule has 0 heterocycles. The van der Waals surface area contributed by atoms with Crippen LogP contribution in [-0.4, -0.2) is 12.9 Å². The monoisotopic (exact) mass is 565 g/mol. The van der Waals surface area contributed by atoms with Gasteiger partial charge < -0.3 is 0 Å². The first-order valence-electron chi connectivity index (χ1n) is 17.4. The summed E-state index contributed by atoms with van der Waals surface area (Å²) in [4.78, 5) is 0. The molecule has 0 amide bonds. The van der Waals surface area contributed by atoms with Crippen molar-refractivity contribution in [1.82, 2.24) is 0 Å². The summed E-state index contributed by atoms with van der Waals surface area (Å²) in [7, 11) is 0. The van der Waals surface area contributed by atoms with E-state index in [1.165, 1.54) is 122 Å². The van der Waals surface area contributed by atoms with E-state index in [1.54, 1.807) is 0 Å². The van der Waals surface area contributed by atoms with E-state index in [9.17, 15) is 17.6 Å². The Morgan fingerprint density at radius 3 is 1.10 bits per heavy atom. The molecule has 0 bridgehead atoms. The Kier molecular flexibility index (Phi) is 29.0. The number of halogens is 4. The molecular weight excluding hydrogens is 496 g/mol. The lowest BCUT2D eigenvalue weighted by atomic mass is 9.82. The van der Waals surface area contributed by atoms with Crippen LogP contribution in [0.5, 0.6) is 0 Å². The molecule has 0 aliphatic carbocycles. The summed E-state index contributed by atoms with van der Waals surface area (Å²) in [6.07, 6.45) is 25.8. The minimum absolute atomic E-state index is 0.0472. The van der Waals surface area contributed by atoms with Crippen LogP contribution in [0.25, 0.3) is 0 Å². The summed E-state index contributed by atoms with van der Waals surface area (Å²) in [5, 5.41) is 0. The van der Waals surface area contributed by atoms with E-state index in [1.807, 2.05) is 0 Å². The first kappa shape index (κ1) is 38.7. The van der Waals surface area contributed by atoms with Gasteiger partial charge in [0.1, 0.15) is 0 Å². The molecular formula is C35H68F4. The quantitative estimate of drug-likeness (QED) is 0.0580. The minimum atomic E-state index is -2.17. The summed E-state index contributed by atoms with van der Waals surface area (Å²) >= 11 is 0. The van der Waals surface area contributed by atoms with Gasteiger partial charge in [0.05, 0.1) is 0 Å². The number of unbranched alkanes of at least 4 members (excludes halogenated alkanes) is 14. The van der Waals surface area contributed by atoms with Gasteiger partial charge in [-0.3, -0.25) is 0 Å². The fourth-order valence-electron chi connectivity index (χ4n) is 6.26. The Labute approximate surface area is 242 Å². The lowest BCUT2D eigenvalue weighted by Crippen LogP contribution is -2.10. The van der Waals surface area contributed by atoms with Gasteiger partial charge in [0.15, 0.2) is 0 Å². The normalized spacial score (nSPS) is 14.4. The zero-order valence-electron chi connectivity index (χ0n) is 26.5. The first-order valence-corrected chi connectivity index (χ1v) is 17.4. The number of hydrogen-bond acceptors (Lipinski definition) is 0. The molecule has 4 heteroatoms. The van der Waals surface area contributed by atoms with Crippen molar-refractivity contribution in [3.05, 3.63) is 0 Å². The molecule has 3 atom stereocenters. The largest absolute Gasteiger partial charge is 0.238 e. The summed E-state index contributed by atoms with van der Waals surface area (Å²) in [5.74, 6) is 2.00. The molecule has 3 unspecified atom stereocenters. The number of hydrogen-bond donors (Lipinski definition) is 0. The van der Waals surface area contributed by atoms with Crippen LogP contribution in [0, 0.1) is 17.8 Å². The van der Waals surface area contributed by atoms with Gasteiger partial charge in [-0.25, -0.2) is 17.6 Å². The Balaban J connectivity index is 4.56. The van der Waals surface area contributed by atoms with Crippen LogP contribution < -0.4 is 0 Å². The van der Waals surface area contributed by atoms with Gasteiger partial charge in [0.25, 0.3) is 0 Å². The third-order valence-electron chi connectivity index (χ3n) is 8.80. The van der Waals surface area contributed by atoms with E-state index in [4.69, 9.17) is 0 Å². The smallest absolute Gasteiger partial charge is 0.211 e. The van der Waals surface area contributed by atoms with Crippen LogP contribution >= 0.6 is 0 Å². The minimum Gasteiger partial charge on any atom is -0.211 e. The molecule has 0 aromatic heterocycles. The van der Waals surface area contributed by atoms with Gasteiger partial charge in [-0.05, 0) is 37.0 Å². The van der Waals surface area contributed by atoms with Gasteiger partial charge in [-0.15, -0.1) is 0 Å². The highest BCUT2D eigenvalue weighted by Crippen LogP contribution is 2.30. The van der Waals surface area contributed by atoms with E-state index in [0.29, 0.717) is 30.6 Å². The fourth-order valence-corrected chi connectivity index (χ4v) is 6.26. The highest BCUT2D eigenvalue weighted by Gasteiger charge is 2.17. The summed E-state index contributed by atoms with van der Waals surface area (Å²) in [5.41, 5.74) is 0. The maximum Gasteiger partial charge on any atom is 0.238 e. The molecule has 0 N–H and O–H groups in total. The molecule has 0 fully saturated rings. The second-order valence-electron chi connectivity index (χ2n) is 12.8. The third kappa shape index (κ3) is 29.0. The lowest BCUT2D eigenvalue weighted by Gasteiger charge is -2.24. The Morgan fingerprint density at radius 1 is 0.359 bits per heavy atom. The van der Waals surface area contributed by atoms with E-state index < -0.39 is 12.9 Å². The molecule has 0 aliphatic rings. The van der Waals surface area contributed by atoms with Crippen LogP contribution in [-0.2, 0) is 0 Å². The highest BCUT2D eigenvalue weighted by atomic mass is 19.3. The van der Waals surface area contributed by atoms with Gasteiger partial charge in [0.2, 0.25) is 12.9 Å². The number of rotatable bonds is 31. The van der Waals surface area contributed by atoms with Crippen LogP contribution in [0.3, 0.4) is 0 Å². The van der Waals surface area contributed by atoms with Crippen LogP contribution in [0.1, 0.15) is 194 Å². The zero-order chi connectivity index (χ0) is 29.0. The van der Waals surface area contributed by atoms with Crippen molar-refractivity contribution in [2.75, 3.05) is 0 Å². The molecule has 0 saturated carbocycles. The predicted molar refractivity (Wildman–Crippen MR) is 164 cm³/mol. The second-order valence-corrected chi connectivity index (χ2v) is 12.8. The molecule has 0 saturated heterocycles. The van der Waals surface area contributed by atoms with Crippen LogP contribution in [0.2, 0.25) is 0 Å². The van der Waals surface area contributed by atoms with Crippen molar-refractivity contribution in [2.45, 2.75) is 207 Å². The SMILES string of the molecule is CCCCCCCCCC(CCCCC(F)F)CCC(C)CC(CCCCCCCCC)CCCCC(F)F. The molecule has 39 heavy (non-hydrogen) atoms. The average Bonchev–Trinajstić information content (AvgIpc) is 2.90. The fraction of sp³-hybridized carbons (Fsp3) is 1.00. The van der Waals surface area contributed by atoms with Gasteiger partial charge in [-0.2, -0.15) is 0 Å². The predicted octanol–water partition coefficient (Wildman–Crippen LogP) is 14.0. The molecule has 0 nitrogen and oxygen atoms in total. The van der Waals surface area contributed by atoms with Crippen molar-refractivity contribution in [3.8, 4) is 0 Å². The van der Waals surface area contributed by atoms with Crippen molar-refractivity contribution in [2.24, 2.45) is 17.8 Å². The topological polar surface area (TPSA) is 0 Å². The summed E-state index contributed by atoms with van der Waals surface area (Å²) in [6.45, 7) is 6.90. The number of alkyl halides is 4. The van der Waals surface area contributed by atoms with Crippen molar-refractivity contribution >= 4 is 0 Å². The van der Waals surface area contributed by atoms with Gasteiger partial charge in [-0.1, -0.05) is 162 Å². The maximum absolute atomic E-state index is 12.6. The Bertz CT molecular complexity index is 468. The molecule has 0 spiro atoms. The van der Waals surface area contributed by atoms with Gasteiger partial charge >= 0.3 is 0 Å². The molecule has 236 valence electrons. The zero-order valence-corrected chi connectivity index (χ0v) is 26.5. The lowest BCUT2D eigenvalue weighted by molar-refractivity contribution is 0.132. The Hall–Kier alpha value is -0.280.